The van der Waals surface area contributed by atoms with Gasteiger partial charge in [0, 0.05) is 38.4 Å². The van der Waals surface area contributed by atoms with Crippen molar-refractivity contribution in [3.63, 3.8) is 0 Å². The van der Waals surface area contributed by atoms with Crippen LogP contribution >= 0.6 is 11.8 Å². The Kier molecular flexibility index (Phi) is 5.54. The molecule has 0 N–H and O–H groups in total. The fraction of sp³-hybridized carbons (Fsp3) is 0.579. The van der Waals surface area contributed by atoms with Crippen molar-refractivity contribution < 1.29 is 31.2 Å². The Hall–Kier alpha value is -1.79. The van der Waals surface area contributed by atoms with Crippen LogP contribution in [0.4, 0.5) is 13.2 Å². The Labute approximate surface area is 182 Å². The van der Waals surface area contributed by atoms with Crippen LogP contribution in [0.1, 0.15) is 25.3 Å². The molecular formula is C19H22F3N3O4S2. The summed E-state index contributed by atoms with van der Waals surface area (Å²) in [5.41, 5.74) is -1.03. The molecular weight excluding hydrogens is 455 g/mol. The Morgan fingerprint density at radius 2 is 1.87 bits per heavy atom. The van der Waals surface area contributed by atoms with Crippen molar-refractivity contribution in [2.45, 2.75) is 41.7 Å². The average molecular weight is 478 g/mol. The molecule has 1 aromatic carbocycles. The molecule has 1 aromatic rings. The van der Waals surface area contributed by atoms with Crippen molar-refractivity contribution in [3.05, 3.63) is 29.8 Å². The number of carbonyl (C=O) groups is 2. The molecule has 0 bridgehead atoms. The summed E-state index contributed by atoms with van der Waals surface area (Å²) in [6.45, 7) is 2.16. The third-order valence-electron chi connectivity index (χ3n) is 6.08. The number of hydrogen-bond donors (Lipinski definition) is 0. The molecule has 0 radical (unpaired) electrons. The molecule has 3 aliphatic rings. The highest BCUT2D eigenvalue weighted by molar-refractivity contribution is 8.01. The summed E-state index contributed by atoms with van der Waals surface area (Å²) in [6.07, 6.45) is -3.53. The summed E-state index contributed by atoms with van der Waals surface area (Å²) in [4.78, 5) is 27.7. The van der Waals surface area contributed by atoms with Gasteiger partial charge in [-0.3, -0.25) is 9.59 Å². The van der Waals surface area contributed by atoms with Crippen LogP contribution in [0.25, 0.3) is 0 Å². The molecule has 3 fully saturated rings. The van der Waals surface area contributed by atoms with E-state index in [0.717, 1.165) is 22.5 Å². The molecule has 0 spiro atoms. The number of rotatable bonds is 3. The Morgan fingerprint density at radius 3 is 2.52 bits per heavy atom. The highest BCUT2D eigenvalue weighted by Crippen LogP contribution is 2.47. The van der Waals surface area contributed by atoms with Crippen LogP contribution < -0.4 is 0 Å². The SMILES string of the molecule is C[C@@]12CCC(=O)N1[C@@H](C(=O)N1CCN(S(=O)(=O)c3cccc(C(F)(F)F)c3)CC1)CS2. The van der Waals surface area contributed by atoms with E-state index in [1.807, 2.05) is 6.92 Å². The largest absolute Gasteiger partial charge is 0.416 e. The quantitative estimate of drug-likeness (QED) is 0.666. The number of thioether (sulfide) groups is 1. The first-order valence-corrected chi connectivity index (χ1v) is 12.3. The number of alkyl halides is 3. The van der Waals surface area contributed by atoms with Crippen molar-refractivity contribution in [1.29, 1.82) is 0 Å². The van der Waals surface area contributed by atoms with Gasteiger partial charge in [-0.2, -0.15) is 17.5 Å². The lowest BCUT2D eigenvalue weighted by Gasteiger charge is -2.37. The summed E-state index contributed by atoms with van der Waals surface area (Å²) >= 11 is 1.58. The Bertz CT molecular complexity index is 1010. The van der Waals surface area contributed by atoms with E-state index in [1.54, 1.807) is 21.6 Å². The van der Waals surface area contributed by atoms with Gasteiger partial charge in [0.1, 0.15) is 6.04 Å². The van der Waals surface area contributed by atoms with Gasteiger partial charge >= 0.3 is 6.18 Å². The van der Waals surface area contributed by atoms with Crippen LogP contribution in [-0.4, -0.2) is 77.2 Å². The minimum atomic E-state index is -4.64. The van der Waals surface area contributed by atoms with E-state index in [-0.39, 0.29) is 42.9 Å². The molecule has 3 saturated heterocycles. The molecule has 4 rings (SSSR count). The minimum Gasteiger partial charge on any atom is -0.338 e. The smallest absolute Gasteiger partial charge is 0.338 e. The zero-order valence-electron chi connectivity index (χ0n) is 16.8. The summed E-state index contributed by atoms with van der Waals surface area (Å²) in [6, 6.07) is 3.09. The number of sulfonamides is 1. The number of halogens is 3. The molecule has 3 aliphatic heterocycles. The van der Waals surface area contributed by atoms with Crippen LogP contribution in [-0.2, 0) is 25.8 Å². The number of piperazine rings is 1. The third kappa shape index (κ3) is 3.93. The lowest BCUT2D eigenvalue weighted by atomic mass is 10.2. The van der Waals surface area contributed by atoms with E-state index in [4.69, 9.17) is 0 Å². The van der Waals surface area contributed by atoms with Gasteiger partial charge in [-0.05, 0) is 31.5 Å². The molecule has 0 unspecified atom stereocenters. The van der Waals surface area contributed by atoms with Crippen LogP contribution in [0.3, 0.4) is 0 Å². The fourth-order valence-corrected chi connectivity index (χ4v) is 7.24. The maximum Gasteiger partial charge on any atom is 0.416 e. The number of carbonyl (C=O) groups excluding carboxylic acids is 2. The molecule has 31 heavy (non-hydrogen) atoms. The Morgan fingerprint density at radius 1 is 1.19 bits per heavy atom. The second-order valence-electron chi connectivity index (χ2n) is 8.02. The van der Waals surface area contributed by atoms with Crippen molar-refractivity contribution in [2.75, 3.05) is 31.9 Å². The first kappa shape index (κ1) is 22.4. The van der Waals surface area contributed by atoms with Crippen molar-refractivity contribution in [3.8, 4) is 0 Å². The van der Waals surface area contributed by atoms with Crippen LogP contribution in [0.2, 0.25) is 0 Å². The molecule has 12 heteroatoms. The second kappa shape index (κ2) is 7.66. The maximum absolute atomic E-state index is 13.0. The molecule has 2 amide bonds. The van der Waals surface area contributed by atoms with Crippen molar-refractivity contribution in [1.82, 2.24) is 14.1 Å². The predicted molar refractivity (Wildman–Crippen MR) is 108 cm³/mol. The van der Waals surface area contributed by atoms with Gasteiger partial charge < -0.3 is 9.80 Å². The number of fused-ring (bicyclic) bond motifs is 1. The normalized spacial score (nSPS) is 27.6. The van der Waals surface area contributed by atoms with Gasteiger partial charge in [0.25, 0.3) is 0 Å². The second-order valence-corrected chi connectivity index (χ2v) is 11.5. The molecule has 0 aliphatic carbocycles. The first-order valence-electron chi connectivity index (χ1n) is 9.86. The van der Waals surface area contributed by atoms with Gasteiger partial charge in [0.15, 0.2) is 0 Å². The number of amides is 2. The van der Waals surface area contributed by atoms with E-state index in [1.165, 1.54) is 0 Å². The topological polar surface area (TPSA) is 78.0 Å². The van der Waals surface area contributed by atoms with Crippen LogP contribution in [0, 0.1) is 0 Å². The van der Waals surface area contributed by atoms with Crippen molar-refractivity contribution in [2.24, 2.45) is 0 Å². The maximum atomic E-state index is 13.0. The molecule has 170 valence electrons. The highest BCUT2D eigenvalue weighted by atomic mass is 32.2. The molecule has 3 heterocycles. The molecule has 7 nitrogen and oxygen atoms in total. The summed E-state index contributed by atoms with van der Waals surface area (Å²) in [7, 11) is -4.12. The average Bonchev–Trinajstić information content (AvgIpc) is 3.22. The standard InChI is InChI=1S/C19H22F3N3O4S2/c1-18-6-5-16(26)25(18)15(12-30-18)17(27)23-7-9-24(10-8-23)31(28,29)14-4-2-3-13(11-14)19(20,21)22/h2-4,11,15H,5-10,12H2,1H3/t15-,18-/m1/s1. The summed E-state index contributed by atoms with van der Waals surface area (Å²) in [5, 5.41) is 0. The zero-order valence-corrected chi connectivity index (χ0v) is 18.4. The van der Waals surface area contributed by atoms with Crippen molar-refractivity contribution >= 4 is 33.6 Å². The van der Waals surface area contributed by atoms with Gasteiger partial charge in [-0.1, -0.05) is 6.07 Å². The predicted octanol–water partition coefficient (Wildman–Crippen LogP) is 1.99. The van der Waals surface area contributed by atoms with E-state index in [9.17, 15) is 31.2 Å². The highest BCUT2D eigenvalue weighted by Gasteiger charge is 2.53. The number of hydrogen-bond acceptors (Lipinski definition) is 5. The van der Waals surface area contributed by atoms with Gasteiger partial charge in [0.05, 0.1) is 15.3 Å². The lowest BCUT2D eigenvalue weighted by Crippen LogP contribution is -2.56. The van der Waals surface area contributed by atoms with Crippen LogP contribution in [0.5, 0.6) is 0 Å². The van der Waals surface area contributed by atoms with Gasteiger partial charge in [-0.15, -0.1) is 11.8 Å². The number of benzene rings is 1. The summed E-state index contributed by atoms with van der Waals surface area (Å²) < 4.78 is 65.6. The molecule has 0 aromatic heterocycles. The zero-order chi connectivity index (χ0) is 22.6. The van der Waals surface area contributed by atoms with E-state index in [0.29, 0.717) is 24.7 Å². The van der Waals surface area contributed by atoms with Crippen LogP contribution in [0.15, 0.2) is 29.2 Å². The monoisotopic (exact) mass is 477 g/mol. The minimum absolute atomic E-state index is 0.0185. The lowest BCUT2D eigenvalue weighted by molar-refractivity contribution is -0.144. The first-order chi connectivity index (χ1) is 14.4. The third-order valence-corrected chi connectivity index (χ3v) is 9.48. The molecule has 2 atom stereocenters. The number of nitrogens with zero attached hydrogens (tertiary/aromatic N) is 3. The Balaban J connectivity index is 1.44. The summed E-state index contributed by atoms with van der Waals surface area (Å²) in [5.74, 6) is 0.253. The molecule has 0 saturated carbocycles. The van der Waals surface area contributed by atoms with E-state index >= 15 is 0 Å². The fourth-order valence-electron chi connectivity index (χ4n) is 4.34. The van der Waals surface area contributed by atoms with E-state index < -0.39 is 32.7 Å². The van der Waals surface area contributed by atoms with Gasteiger partial charge in [-0.25, -0.2) is 8.42 Å². The van der Waals surface area contributed by atoms with Gasteiger partial charge in [0.2, 0.25) is 21.8 Å². The van der Waals surface area contributed by atoms with E-state index in [2.05, 4.69) is 0 Å².